The highest BCUT2D eigenvalue weighted by Crippen LogP contribution is 2.35. The molecule has 1 aliphatic rings. The van der Waals surface area contributed by atoms with E-state index in [1.54, 1.807) is 37.4 Å². The minimum absolute atomic E-state index is 0.0248. The fourth-order valence-corrected chi connectivity index (χ4v) is 4.39. The lowest BCUT2D eigenvalue weighted by atomic mass is 10.1. The van der Waals surface area contributed by atoms with Gasteiger partial charge in [0.05, 0.1) is 16.4 Å². The molecule has 1 fully saturated rings. The molecule has 1 saturated heterocycles. The van der Waals surface area contributed by atoms with Crippen LogP contribution in [-0.4, -0.2) is 24.0 Å². The molecule has 0 spiro atoms. The minimum atomic E-state index is -0.546. The minimum Gasteiger partial charge on any atom is -0.493 e. The normalized spacial score (nSPS) is 14.9. The van der Waals surface area contributed by atoms with E-state index in [4.69, 9.17) is 21.7 Å². The van der Waals surface area contributed by atoms with E-state index in [1.165, 1.54) is 11.0 Å². The van der Waals surface area contributed by atoms with Gasteiger partial charge in [0.2, 0.25) is 0 Å². The van der Waals surface area contributed by atoms with Crippen molar-refractivity contribution in [3.8, 4) is 11.5 Å². The first-order valence-electron chi connectivity index (χ1n) is 9.98. The average Bonchev–Trinajstić information content (AvgIpc) is 2.82. The molecule has 33 heavy (non-hydrogen) atoms. The van der Waals surface area contributed by atoms with Crippen molar-refractivity contribution in [3.05, 3.63) is 93.1 Å². The van der Waals surface area contributed by atoms with Crippen molar-refractivity contribution in [3.63, 3.8) is 0 Å². The fourth-order valence-electron chi connectivity index (χ4n) is 3.33. The quantitative estimate of drug-likeness (QED) is 0.201. The third-order valence-electron chi connectivity index (χ3n) is 4.90. The number of nitrogens with one attached hydrogen (secondary N) is 1. The number of ether oxygens (including phenoxy) is 2. The van der Waals surface area contributed by atoms with Gasteiger partial charge >= 0.3 is 0 Å². The van der Waals surface area contributed by atoms with Gasteiger partial charge in [-0.05, 0) is 76.3 Å². The van der Waals surface area contributed by atoms with Crippen molar-refractivity contribution in [2.75, 3.05) is 12.0 Å². The highest BCUT2D eigenvalue weighted by atomic mass is 127. The van der Waals surface area contributed by atoms with Gasteiger partial charge in [-0.25, -0.2) is 0 Å². The number of rotatable bonds is 6. The molecule has 0 saturated carbocycles. The molecule has 6 nitrogen and oxygen atoms in total. The van der Waals surface area contributed by atoms with Crippen LogP contribution in [0, 0.1) is 3.57 Å². The smallest absolute Gasteiger partial charge is 0.270 e. The topological polar surface area (TPSA) is 67.9 Å². The summed E-state index contributed by atoms with van der Waals surface area (Å²) in [6, 6.07) is 22.3. The fraction of sp³-hybridized carbons (Fsp3) is 0.0800. The van der Waals surface area contributed by atoms with Crippen molar-refractivity contribution in [2.24, 2.45) is 0 Å². The third kappa shape index (κ3) is 5.07. The van der Waals surface area contributed by atoms with E-state index in [9.17, 15) is 9.59 Å². The van der Waals surface area contributed by atoms with E-state index >= 15 is 0 Å². The van der Waals surface area contributed by atoms with Crippen LogP contribution in [-0.2, 0) is 16.2 Å². The van der Waals surface area contributed by atoms with Crippen molar-refractivity contribution in [1.82, 2.24) is 5.32 Å². The Morgan fingerprint density at radius 2 is 1.70 bits per heavy atom. The monoisotopic (exact) mass is 570 g/mol. The third-order valence-corrected chi connectivity index (χ3v) is 5.99. The first-order valence-corrected chi connectivity index (χ1v) is 11.5. The number of amides is 2. The summed E-state index contributed by atoms with van der Waals surface area (Å²) in [5.74, 6) is 0.0586. The summed E-state index contributed by atoms with van der Waals surface area (Å²) in [6.07, 6.45) is 1.53. The van der Waals surface area contributed by atoms with Gasteiger partial charge in [0, 0.05) is 0 Å². The molecule has 3 aromatic rings. The second-order valence-corrected chi connectivity index (χ2v) is 8.65. The number of anilines is 1. The molecule has 0 aliphatic carbocycles. The van der Waals surface area contributed by atoms with Crippen molar-refractivity contribution in [2.45, 2.75) is 6.61 Å². The van der Waals surface area contributed by atoms with E-state index < -0.39 is 11.8 Å². The van der Waals surface area contributed by atoms with Crippen LogP contribution in [0.5, 0.6) is 11.5 Å². The molecule has 0 unspecified atom stereocenters. The van der Waals surface area contributed by atoms with Gasteiger partial charge < -0.3 is 9.47 Å². The van der Waals surface area contributed by atoms with Crippen LogP contribution in [0.2, 0.25) is 0 Å². The van der Waals surface area contributed by atoms with Crippen molar-refractivity contribution >= 4 is 63.5 Å². The average molecular weight is 570 g/mol. The highest BCUT2D eigenvalue weighted by molar-refractivity contribution is 14.1. The lowest BCUT2D eigenvalue weighted by Gasteiger charge is -2.28. The van der Waals surface area contributed by atoms with E-state index in [-0.39, 0.29) is 10.7 Å². The number of hydrogen-bond acceptors (Lipinski definition) is 5. The Balaban J connectivity index is 1.64. The molecule has 0 radical (unpaired) electrons. The Morgan fingerprint density at radius 3 is 2.36 bits per heavy atom. The van der Waals surface area contributed by atoms with Crippen LogP contribution in [0.4, 0.5) is 5.69 Å². The second-order valence-electron chi connectivity index (χ2n) is 7.10. The predicted octanol–water partition coefficient (Wildman–Crippen LogP) is 4.71. The van der Waals surface area contributed by atoms with Crippen LogP contribution in [0.3, 0.4) is 0 Å². The van der Waals surface area contributed by atoms with Crippen molar-refractivity contribution in [1.29, 1.82) is 0 Å². The summed E-state index contributed by atoms with van der Waals surface area (Å²) in [6.45, 7) is 0.387. The van der Waals surface area contributed by atoms with Gasteiger partial charge in [0.1, 0.15) is 12.2 Å². The molecule has 4 rings (SSSR count). The second kappa shape index (κ2) is 10.1. The molecule has 1 N–H and O–H groups in total. The first-order chi connectivity index (χ1) is 16.0. The van der Waals surface area contributed by atoms with E-state index in [1.807, 2.05) is 42.5 Å². The summed E-state index contributed by atoms with van der Waals surface area (Å²) in [5.41, 5.74) is 2.21. The van der Waals surface area contributed by atoms with E-state index in [0.717, 1.165) is 9.13 Å². The molecule has 8 heteroatoms. The van der Waals surface area contributed by atoms with Gasteiger partial charge in [0.15, 0.2) is 16.6 Å². The molecule has 0 atom stereocenters. The molecule has 1 heterocycles. The maximum atomic E-state index is 13.2. The van der Waals surface area contributed by atoms with Gasteiger partial charge in [0.25, 0.3) is 11.8 Å². The van der Waals surface area contributed by atoms with Gasteiger partial charge in [-0.3, -0.25) is 19.8 Å². The van der Waals surface area contributed by atoms with Gasteiger partial charge in [-0.2, -0.15) is 0 Å². The van der Waals surface area contributed by atoms with Crippen molar-refractivity contribution < 1.29 is 19.1 Å². The summed E-state index contributed by atoms with van der Waals surface area (Å²) in [5, 5.41) is 2.64. The number of carbonyl (C=O) groups excluding carboxylic acids is 2. The number of carbonyl (C=O) groups is 2. The predicted molar refractivity (Wildman–Crippen MR) is 139 cm³/mol. The molecular formula is C25H19IN2O4S. The lowest BCUT2D eigenvalue weighted by Crippen LogP contribution is -2.54. The summed E-state index contributed by atoms with van der Waals surface area (Å²) in [7, 11) is 1.55. The molecule has 3 aromatic carbocycles. The maximum Gasteiger partial charge on any atom is 0.270 e. The molecule has 0 aromatic heterocycles. The summed E-state index contributed by atoms with van der Waals surface area (Å²) in [4.78, 5) is 27.1. The number of thiocarbonyl (C=S) groups is 1. The number of hydrogen-bond donors (Lipinski definition) is 1. The Hall–Kier alpha value is -3.24. The zero-order valence-electron chi connectivity index (χ0n) is 17.6. The summed E-state index contributed by atoms with van der Waals surface area (Å²) < 4.78 is 12.3. The number of benzene rings is 3. The SMILES string of the molecule is COc1cc(/C=C2/C(=O)NC(=S)N(c3ccccc3)C2=O)cc(I)c1OCc1ccccc1. The highest BCUT2D eigenvalue weighted by Gasteiger charge is 2.34. The van der Waals surface area contributed by atoms with Crippen LogP contribution < -0.4 is 19.7 Å². The van der Waals surface area contributed by atoms with Gasteiger partial charge in [-0.1, -0.05) is 48.5 Å². The molecule has 1 aliphatic heterocycles. The summed E-state index contributed by atoms with van der Waals surface area (Å²) >= 11 is 7.38. The molecule has 0 bridgehead atoms. The Kier molecular flexibility index (Phi) is 7.05. The first kappa shape index (κ1) is 22.9. The van der Waals surface area contributed by atoms with Crippen LogP contribution in [0.25, 0.3) is 6.08 Å². The van der Waals surface area contributed by atoms with E-state index in [2.05, 4.69) is 27.9 Å². The Bertz CT molecular complexity index is 1250. The Morgan fingerprint density at radius 1 is 1.03 bits per heavy atom. The Labute approximate surface area is 210 Å². The number of methoxy groups -OCH3 is 1. The number of halogens is 1. The zero-order valence-corrected chi connectivity index (χ0v) is 20.6. The van der Waals surface area contributed by atoms with Crippen LogP contribution in [0.1, 0.15) is 11.1 Å². The van der Waals surface area contributed by atoms with Crippen LogP contribution >= 0.6 is 34.8 Å². The van der Waals surface area contributed by atoms with E-state index in [0.29, 0.717) is 29.4 Å². The molecule has 2 amide bonds. The largest absolute Gasteiger partial charge is 0.493 e. The van der Waals surface area contributed by atoms with Gasteiger partial charge in [-0.15, -0.1) is 0 Å². The standard InChI is InChI=1S/C25H19IN2O4S/c1-31-21-14-17(13-20(26)22(21)32-15-16-8-4-2-5-9-16)12-19-23(29)27-25(33)28(24(19)30)18-10-6-3-7-11-18/h2-14H,15H2,1H3,(H,27,29,33)/b19-12-. The maximum absolute atomic E-state index is 13.2. The number of nitrogens with zero attached hydrogens (tertiary/aromatic N) is 1. The van der Waals surface area contributed by atoms with Crippen LogP contribution in [0.15, 0.2) is 78.4 Å². The molecule has 166 valence electrons. The zero-order chi connectivity index (χ0) is 23.4. The number of para-hydroxylation sites is 1. The molecular weight excluding hydrogens is 551 g/mol. The lowest BCUT2D eigenvalue weighted by molar-refractivity contribution is -0.122.